The molecule has 0 aliphatic carbocycles. The number of fused-ring (bicyclic) bond motifs is 1. The van der Waals surface area contributed by atoms with Gasteiger partial charge >= 0.3 is 0 Å². The van der Waals surface area contributed by atoms with E-state index in [0.29, 0.717) is 0 Å². The highest BCUT2D eigenvalue weighted by atomic mass is 32.2. The van der Waals surface area contributed by atoms with Gasteiger partial charge < -0.3 is 0 Å². The fourth-order valence-electron chi connectivity index (χ4n) is 1.25. The van der Waals surface area contributed by atoms with Crippen LogP contribution in [-0.4, -0.2) is 25.5 Å². The number of thioether (sulfide) groups is 1. The molecular weight excluding hydrogens is 208 g/mol. The van der Waals surface area contributed by atoms with Crippen molar-refractivity contribution in [2.75, 3.05) is 5.75 Å². The van der Waals surface area contributed by atoms with E-state index in [1.165, 1.54) is 0 Å². The van der Waals surface area contributed by atoms with Crippen molar-refractivity contribution in [3.63, 3.8) is 0 Å². The lowest BCUT2D eigenvalue weighted by Gasteiger charge is -2.00. The van der Waals surface area contributed by atoms with Gasteiger partial charge in [0.05, 0.1) is 11.6 Å². The summed E-state index contributed by atoms with van der Waals surface area (Å²) in [5.41, 5.74) is 2.00. The third kappa shape index (κ3) is 2.02. The number of aryl methyl sites for hydroxylation is 1. The Morgan fingerprint density at radius 1 is 1.53 bits per heavy atom. The van der Waals surface area contributed by atoms with Gasteiger partial charge in [-0.2, -0.15) is 5.10 Å². The highest BCUT2D eigenvalue weighted by molar-refractivity contribution is 7.99. The van der Waals surface area contributed by atoms with Crippen LogP contribution in [0.25, 0.3) is 11.0 Å². The second-order valence-corrected chi connectivity index (χ2v) is 4.39. The van der Waals surface area contributed by atoms with E-state index in [9.17, 15) is 0 Å². The molecule has 2 aromatic heterocycles. The van der Waals surface area contributed by atoms with Crippen molar-refractivity contribution in [2.45, 2.75) is 11.9 Å². The van der Waals surface area contributed by atoms with Crippen LogP contribution in [0.5, 0.6) is 0 Å². The van der Waals surface area contributed by atoms with E-state index in [4.69, 9.17) is 0 Å². The van der Waals surface area contributed by atoms with Crippen molar-refractivity contribution in [1.82, 2.24) is 19.7 Å². The van der Waals surface area contributed by atoms with Crippen molar-refractivity contribution in [3.8, 4) is 0 Å². The first-order valence-electron chi connectivity index (χ1n) is 4.58. The third-order valence-electron chi connectivity index (χ3n) is 1.95. The van der Waals surface area contributed by atoms with Gasteiger partial charge in [-0.25, -0.2) is 9.97 Å². The summed E-state index contributed by atoms with van der Waals surface area (Å²) in [4.78, 5) is 8.43. The standard InChI is InChI=1S/C10H12N4S/c1-7(2)5-15-10-8-4-13-14(3)9(8)11-6-12-10/h4,6H,1,5H2,2-3H3. The van der Waals surface area contributed by atoms with Crippen LogP contribution in [0.2, 0.25) is 0 Å². The Morgan fingerprint density at radius 2 is 2.33 bits per heavy atom. The van der Waals surface area contributed by atoms with Crippen LogP contribution >= 0.6 is 11.8 Å². The van der Waals surface area contributed by atoms with Crippen LogP contribution in [0.3, 0.4) is 0 Å². The first-order valence-corrected chi connectivity index (χ1v) is 5.57. The van der Waals surface area contributed by atoms with Crippen LogP contribution in [0.15, 0.2) is 29.7 Å². The quantitative estimate of drug-likeness (QED) is 0.451. The molecule has 0 atom stereocenters. The first kappa shape index (κ1) is 10.2. The second kappa shape index (κ2) is 4.02. The lowest BCUT2D eigenvalue weighted by Crippen LogP contribution is -1.93. The van der Waals surface area contributed by atoms with Gasteiger partial charge in [0.2, 0.25) is 0 Å². The monoisotopic (exact) mass is 220 g/mol. The minimum atomic E-state index is 0.870. The van der Waals surface area contributed by atoms with Gasteiger partial charge in [0.25, 0.3) is 0 Å². The largest absolute Gasteiger partial charge is 0.250 e. The van der Waals surface area contributed by atoms with Crippen molar-refractivity contribution >= 4 is 22.8 Å². The molecule has 0 N–H and O–H groups in total. The summed E-state index contributed by atoms with van der Waals surface area (Å²) in [6, 6.07) is 0. The molecule has 0 radical (unpaired) electrons. The summed E-state index contributed by atoms with van der Waals surface area (Å²) in [5.74, 6) is 0.876. The molecule has 2 heterocycles. The molecule has 0 spiro atoms. The fraction of sp³-hybridized carbons (Fsp3) is 0.300. The van der Waals surface area contributed by atoms with E-state index in [1.54, 1.807) is 29.0 Å². The van der Waals surface area contributed by atoms with Crippen molar-refractivity contribution in [3.05, 3.63) is 24.7 Å². The average Bonchev–Trinajstić information content (AvgIpc) is 2.58. The van der Waals surface area contributed by atoms with Gasteiger partial charge in [0, 0.05) is 12.8 Å². The van der Waals surface area contributed by atoms with Crippen LogP contribution < -0.4 is 0 Å². The zero-order chi connectivity index (χ0) is 10.8. The zero-order valence-corrected chi connectivity index (χ0v) is 9.58. The minimum absolute atomic E-state index is 0.870. The molecule has 2 aromatic rings. The maximum Gasteiger partial charge on any atom is 0.162 e. The Balaban J connectivity index is 2.38. The van der Waals surface area contributed by atoms with E-state index in [-0.39, 0.29) is 0 Å². The summed E-state index contributed by atoms with van der Waals surface area (Å²) in [5, 5.41) is 6.14. The molecule has 0 aromatic carbocycles. The van der Waals surface area contributed by atoms with Gasteiger partial charge in [-0.1, -0.05) is 12.2 Å². The third-order valence-corrected chi connectivity index (χ3v) is 3.18. The smallest absolute Gasteiger partial charge is 0.162 e. The van der Waals surface area contributed by atoms with Crippen LogP contribution in [-0.2, 0) is 7.05 Å². The normalized spacial score (nSPS) is 10.8. The SMILES string of the molecule is C=C(C)CSc1ncnc2c1cnn2C. The summed E-state index contributed by atoms with van der Waals surface area (Å²) in [7, 11) is 1.88. The molecule has 4 nitrogen and oxygen atoms in total. The number of hydrogen-bond acceptors (Lipinski definition) is 4. The molecule has 0 bridgehead atoms. The van der Waals surface area contributed by atoms with Crippen LogP contribution in [0.4, 0.5) is 0 Å². The molecule has 0 fully saturated rings. The first-order chi connectivity index (χ1) is 7.18. The molecule has 0 aliphatic rings. The minimum Gasteiger partial charge on any atom is -0.250 e. The number of rotatable bonds is 3. The summed E-state index contributed by atoms with van der Waals surface area (Å²) < 4.78 is 1.75. The molecule has 15 heavy (non-hydrogen) atoms. The fourth-order valence-corrected chi connectivity index (χ4v) is 2.05. The highest BCUT2D eigenvalue weighted by Gasteiger charge is 2.07. The van der Waals surface area contributed by atoms with E-state index >= 15 is 0 Å². The van der Waals surface area contributed by atoms with Crippen molar-refractivity contribution in [2.24, 2.45) is 7.05 Å². The highest BCUT2D eigenvalue weighted by Crippen LogP contribution is 2.24. The van der Waals surface area contributed by atoms with Crippen molar-refractivity contribution in [1.29, 1.82) is 0 Å². The summed E-state index contributed by atoms with van der Waals surface area (Å²) >= 11 is 1.67. The molecule has 0 saturated heterocycles. The molecule has 0 amide bonds. The Kier molecular flexibility index (Phi) is 2.73. The molecule has 0 saturated carbocycles. The van der Waals surface area contributed by atoms with Crippen LogP contribution in [0.1, 0.15) is 6.92 Å². The maximum atomic E-state index is 4.25. The molecule has 78 valence electrons. The van der Waals surface area contributed by atoms with Gasteiger partial charge in [0.1, 0.15) is 11.4 Å². The number of nitrogens with zero attached hydrogens (tertiary/aromatic N) is 4. The summed E-state index contributed by atoms with van der Waals surface area (Å²) in [6.45, 7) is 5.88. The Morgan fingerprint density at radius 3 is 3.07 bits per heavy atom. The molecule has 5 heteroatoms. The topological polar surface area (TPSA) is 43.6 Å². The predicted octanol–water partition coefficient (Wildman–Crippen LogP) is 2.03. The van der Waals surface area contributed by atoms with E-state index in [1.807, 2.05) is 14.0 Å². The Labute approximate surface area is 92.4 Å². The molecule has 0 aliphatic heterocycles. The predicted molar refractivity (Wildman–Crippen MR) is 61.8 cm³/mol. The van der Waals surface area contributed by atoms with Gasteiger partial charge in [-0.15, -0.1) is 11.8 Å². The Hall–Kier alpha value is -1.36. The van der Waals surface area contributed by atoms with E-state index in [2.05, 4.69) is 21.6 Å². The van der Waals surface area contributed by atoms with Gasteiger partial charge in [-0.05, 0) is 6.92 Å². The molecular formula is C10H12N4S. The van der Waals surface area contributed by atoms with Gasteiger partial charge in [0.15, 0.2) is 5.65 Å². The molecule has 2 rings (SSSR count). The summed E-state index contributed by atoms with van der Waals surface area (Å²) in [6.07, 6.45) is 3.38. The lowest BCUT2D eigenvalue weighted by atomic mass is 10.4. The zero-order valence-electron chi connectivity index (χ0n) is 8.77. The van der Waals surface area contributed by atoms with E-state index < -0.39 is 0 Å². The maximum absolute atomic E-state index is 4.25. The van der Waals surface area contributed by atoms with Crippen LogP contribution in [0, 0.1) is 0 Å². The molecule has 0 unspecified atom stereocenters. The number of hydrogen-bond donors (Lipinski definition) is 0. The average molecular weight is 220 g/mol. The second-order valence-electron chi connectivity index (χ2n) is 3.43. The van der Waals surface area contributed by atoms with Crippen molar-refractivity contribution < 1.29 is 0 Å². The van der Waals surface area contributed by atoms with Gasteiger partial charge in [-0.3, -0.25) is 4.68 Å². The number of aromatic nitrogens is 4. The Bertz CT molecular complexity index is 503. The van der Waals surface area contributed by atoms with E-state index in [0.717, 1.165) is 27.4 Å². The lowest BCUT2D eigenvalue weighted by molar-refractivity contribution is 0.784.